The van der Waals surface area contributed by atoms with E-state index in [1.165, 1.54) is 32.2 Å². The molecule has 0 aliphatic carbocycles. The number of carboxylic acid groups (broad SMARTS) is 5. The van der Waals surface area contributed by atoms with Gasteiger partial charge in [0.25, 0.3) is 5.91 Å². The number of carbonyl (C=O) groups excluding carboxylic acids is 1. The molecule has 1 atom stereocenters. The van der Waals surface area contributed by atoms with Crippen LogP contribution in [0.5, 0.6) is 0 Å². The van der Waals surface area contributed by atoms with Crippen molar-refractivity contribution in [2.45, 2.75) is 73.0 Å². The molecule has 436 valence electrons. The van der Waals surface area contributed by atoms with Crippen LogP contribution in [-0.4, -0.2) is 165 Å². The summed E-state index contributed by atoms with van der Waals surface area (Å²) in [5, 5.41) is 60.3. The van der Waals surface area contributed by atoms with E-state index in [4.69, 9.17) is 36.5 Å². The predicted molar refractivity (Wildman–Crippen MR) is 296 cm³/mol. The van der Waals surface area contributed by atoms with Gasteiger partial charge in [0.2, 0.25) is 16.5 Å². The third kappa shape index (κ3) is 14.9. The van der Waals surface area contributed by atoms with Gasteiger partial charge in [-0.3, -0.25) is 19.5 Å². The number of pyridine rings is 2. The van der Waals surface area contributed by atoms with Crippen molar-refractivity contribution in [3.8, 4) is 22.6 Å². The number of furan rings is 3. The maximum atomic E-state index is 13.7. The average Bonchev–Trinajstić information content (AvgIpc) is 3.99. The second-order valence-electron chi connectivity index (χ2n) is 19.9. The van der Waals surface area contributed by atoms with E-state index in [1.807, 2.05) is 14.7 Å². The first-order valence-corrected chi connectivity index (χ1v) is 26.6. The molecule has 1 fully saturated rings. The number of aryl methyl sites for hydroxylation is 3. The molecule has 0 radical (unpaired) electrons. The molecule has 6 aromatic rings. The Kier molecular flexibility index (Phi) is 20.9. The number of carboxylic acids is 5. The van der Waals surface area contributed by atoms with Crippen molar-refractivity contribution in [1.82, 2.24) is 50.3 Å². The number of amides is 1. The fourth-order valence-electron chi connectivity index (χ4n) is 10.2. The second-order valence-corrected chi connectivity index (χ2v) is 20.6. The fraction of sp³-hybridized carbons (Fsp3) is 0.364. The third-order valence-corrected chi connectivity index (χ3v) is 14.5. The van der Waals surface area contributed by atoms with Crippen molar-refractivity contribution >= 4 is 70.5 Å². The summed E-state index contributed by atoms with van der Waals surface area (Å²) in [5.41, 5.74) is 0.592. The van der Waals surface area contributed by atoms with Gasteiger partial charge in [-0.25, -0.2) is 33.9 Å². The number of hydrogen-bond donors (Lipinski definition) is 8. The molecule has 8 rings (SSSR count). The zero-order valence-corrected chi connectivity index (χ0v) is 49.8. The van der Waals surface area contributed by atoms with Crippen LogP contribution in [0.2, 0.25) is 10.6 Å². The van der Waals surface area contributed by atoms with Crippen LogP contribution in [0.4, 0.5) is 5.95 Å². The Morgan fingerprint density at radius 2 is 1.04 bits per heavy atom. The minimum atomic E-state index is -1.75. The van der Waals surface area contributed by atoms with Crippen molar-refractivity contribution in [1.29, 1.82) is 0 Å². The van der Waals surface area contributed by atoms with E-state index in [9.17, 15) is 54.3 Å². The standard InChI is InChI=1S/C55H59Cl2N11O14.Eu/c1-27-40(46(69)58-10-7-8-11-59-54-64-52(56)63-53(57)65-54)30(4)80-43(27)33-9-12-60-55(23-33,51(78)79)26-68-17-15-66(24-36-19-34(21-38(61-36)47(70)71)44-28(2)41(49(74)75)31(5)81-44)13-14-67(16-18-68)25-37-20-35(22-39(62-37)48(72)73)45-29(3)42(50(76)77)32(6)82-45;/h9,12,19-23,60H,7-8,10-11,13-18,24-26H2,1-6H3,(H,58,69)(H,70,71)(H,72,73)(H,74,75)(H,76,77)(H,78,79)(H,59,63,64,65);/q;+3. The van der Waals surface area contributed by atoms with Crippen LogP contribution >= 0.6 is 23.2 Å². The maximum Gasteiger partial charge on any atom is 3.00 e. The molecule has 28 heteroatoms. The van der Waals surface area contributed by atoms with Gasteiger partial charge < -0.3 is 54.7 Å². The van der Waals surface area contributed by atoms with Crippen molar-refractivity contribution in [2.75, 3.05) is 64.2 Å². The number of anilines is 1. The minimum absolute atomic E-state index is 0. The Morgan fingerprint density at radius 1 is 0.590 bits per heavy atom. The van der Waals surface area contributed by atoms with E-state index in [-0.39, 0.29) is 150 Å². The minimum Gasteiger partial charge on any atom is -0.479 e. The molecule has 1 saturated heterocycles. The van der Waals surface area contributed by atoms with Gasteiger partial charge >= 0.3 is 79.2 Å². The molecule has 25 nitrogen and oxygen atoms in total. The number of aromatic nitrogens is 5. The van der Waals surface area contributed by atoms with Crippen molar-refractivity contribution in [3.63, 3.8) is 0 Å². The molecule has 2 aliphatic rings. The number of dihydropyridines is 1. The van der Waals surface area contributed by atoms with E-state index < -0.39 is 35.4 Å². The van der Waals surface area contributed by atoms with Gasteiger partial charge in [0.05, 0.1) is 17.0 Å². The van der Waals surface area contributed by atoms with Gasteiger partial charge in [-0.05, 0) is 120 Å². The van der Waals surface area contributed by atoms with Crippen molar-refractivity contribution < 1.29 is 117 Å². The van der Waals surface area contributed by atoms with Crippen LogP contribution in [0, 0.1) is 90.9 Å². The summed E-state index contributed by atoms with van der Waals surface area (Å²) in [7, 11) is 0. The molecule has 8 N–H and O–H groups in total. The monoisotopic (exact) mass is 1320 g/mol. The zero-order valence-electron chi connectivity index (χ0n) is 45.9. The summed E-state index contributed by atoms with van der Waals surface area (Å²) in [6, 6.07) is 5.89. The predicted octanol–water partition coefficient (Wildman–Crippen LogP) is 6.99. The van der Waals surface area contributed by atoms with Crippen LogP contribution in [0.25, 0.3) is 28.2 Å². The third-order valence-electron chi connectivity index (χ3n) is 14.2. The molecule has 83 heavy (non-hydrogen) atoms. The second kappa shape index (κ2) is 27.2. The summed E-state index contributed by atoms with van der Waals surface area (Å²) in [6.07, 6.45) is 5.96. The largest absolute Gasteiger partial charge is 3.00 e. The van der Waals surface area contributed by atoms with Gasteiger partial charge in [-0.1, -0.05) is 0 Å². The number of halogens is 2. The number of carbonyl (C=O) groups is 6. The molecule has 1 unspecified atom stereocenters. The number of aliphatic carboxylic acids is 1. The Labute approximate surface area is 525 Å². The summed E-state index contributed by atoms with van der Waals surface area (Å²) in [5.74, 6) is -5.18. The van der Waals surface area contributed by atoms with E-state index >= 15 is 0 Å². The topological polar surface area (TPSA) is 353 Å². The van der Waals surface area contributed by atoms with E-state index in [2.05, 4.69) is 40.9 Å². The number of rotatable bonds is 21. The summed E-state index contributed by atoms with van der Waals surface area (Å²) < 4.78 is 18.0. The normalized spacial score (nSPS) is 16.0. The smallest absolute Gasteiger partial charge is 0.479 e. The molecular weight excluding hydrogens is 1260 g/mol. The first kappa shape index (κ1) is 63.7. The molecular formula is C55H59Cl2EuN11O14+3. The van der Waals surface area contributed by atoms with Crippen LogP contribution in [0.3, 0.4) is 0 Å². The molecule has 0 aromatic carbocycles. The SMILES string of the molecule is Cc1oc(C2=CC(CN3CCN(Cc4cc(-c5oc(C)c(C(=O)O)c5C)cc(C(=O)O)n4)CCN(Cc4cc(-c5oc(C)c(C(=O)O)c5C)cc(C(=O)O)n4)CC3)(C(=O)O)NC=C2)c(C)c1C(=O)NCCCCNc1nc(Cl)nc(Cl)n1.[Eu+3]. The number of allylic oxidation sites excluding steroid dienone is 2. The molecule has 2 aliphatic heterocycles. The van der Waals surface area contributed by atoms with Gasteiger partial charge in [0.15, 0.2) is 5.54 Å². The first-order chi connectivity index (χ1) is 38.9. The molecule has 0 spiro atoms. The number of unbranched alkanes of at least 4 members (excludes halogenated alkanes) is 1. The first-order valence-electron chi connectivity index (χ1n) is 25.8. The Balaban J connectivity index is 0.00000990. The van der Waals surface area contributed by atoms with Crippen molar-refractivity contribution in [3.05, 3.63) is 132 Å². The van der Waals surface area contributed by atoms with E-state index in [1.54, 1.807) is 52.0 Å². The average molecular weight is 1320 g/mol. The van der Waals surface area contributed by atoms with Crippen molar-refractivity contribution in [2.24, 2.45) is 0 Å². The van der Waals surface area contributed by atoms with E-state index in [0.717, 1.165) is 0 Å². The number of aromatic carboxylic acids is 4. The molecule has 8 heterocycles. The number of nitrogens with one attached hydrogen (secondary N) is 3. The molecule has 6 aromatic heterocycles. The number of nitrogens with zero attached hydrogens (tertiary/aromatic N) is 8. The van der Waals surface area contributed by atoms with Gasteiger partial charge in [0, 0.05) is 105 Å². The summed E-state index contributed by atoms with van der Waals surface area (Å²) in [6.45, 7) is 12.2. The van der Waals surface area contributed by atoms with Gasteiger partial charge in [-0.15, -0.1) is 0 Å². The Hall–Kier alpha value is -6.91. The summed E-state index contributed by atoms with van der Waals surface area (Å²) in [4.78, 5) is 103. The van der Waals surface area contributed by atoms with E-state index in [0.29, 0.717) is 114 Å². The van der Waals surface area contributed by atoms with Crippen LogP contribution < -0.4 is 16.0 Å². The van der Waals surface area contributed by atoms with Crippen LogP contribution in [0.15, 0.2) is 55.9 Å². The van der Waals surface area contributed by atoms with Gasteiger partial charge in [-0.2, -0.15) is 15.0 Å². The quantitative estimate of drug-likeness (QED) is 0.0336. The fourth-order valence-corrected chi connectivity index (χ4v) is 10.6. The Bertz CT molecular complexity index is 3420. The number of hydrogen-bond acceptors (Lipinski definition) is 19. The van der Waals surface area contributed by atoms with Crippen LogP contribution in [0.1, 0.15) is 116 Å². The maximum absolute atomic E-state index is 13.7. The molecule has 0 bridgehead atoms. The Morgan fingerprint density at radius 3 is 1.49 bits per heavy atom. The molecule has 0 saturated carbocycles. The summed E-state index contributed by atoms with van der Waals surface area (Å²) >= 11 is 11.7. The van der Waals surface area contributed by atoms with Gasteiger partial charge in [0.1, 0.15) is 57.1 Å². The van der Waals surface area contributed by atoms with Crippen LogP contribution in [-0.2, 0) is 17.9 Å². The zero-order chi connectivity index (χ0) is 59.3. The molecule has 1 amide bonds.